The summed E-state index contributed by atoms with van der Waals surface area (Å²) in [6, 6.07) is 0. The Morgan fingerprint density at radius 1 is 1.80 bits per heavy atom. The van der Waals surface area contributed by atoms with Gasteiger partial charge in [-0.2, -0.15) is 0 Å². The minimum Gasteiger partial charge on any atom is -1.00 e. The van der Waals surface area contributed by atoms with Gasteiger partial charge in [0.1, 0.15) is 0 Å². The van der Waals surface area contributed by atoms with Crippen LogP contribution in [0.15, 0.2) is 0 Å². The Morgan fingerprint density at radius 2 is 1.80 bits per heavy atom. The van der Waals surface area contributed by atoms with E-state index in [1.54, 1.807) is 0 Å². The molecule has 0 aromatic carbocycles. The second-order valence-corrected chi connectivity index (χ2v) is 1.22. The minimum atomic E-state index is 0. The van der Waals surface area contributed by atoms with Crippen molar-refractivity contribution >= 4 is 64.0 Å². The van der Waals surface area contributed by atoms with Gasteiger partial charge in [0.2, 0.25) is 0 Å². The predicted molar refractivity (Wildman–Crippen MR) is 38.6 cm³/mol. The SMILES string of the molecule is Br.CCP.[Ca+2].[H-].[H-]. The molecule has 0 saturated carbocycles. The maximum Gasteiger partial charge on any atom is 2.00 e. The molecule has 0 bridgehead atoms. The van der Waals surface area contributed by atoms with Crippen LogP contribution in [0.2, 0.25) is 0 Å². The average Bonchev–Trinajstić information content (AvgIpc) is 0.918. The zero-order valence-corrected chi connectivity index (χ0v) is 8.48. The molecule has 0 fully saturated rings. The third-order valence-electron chi connectivity index (χ3n) is 0. The van der Waals surface area contributed by atoms with Crippen LogP contribution in [0, 0.1) is 0 Å². The van der Waals surface area contributed by atoms with Crippen molar-refractivity contribution in [2.45, 2.75) is 6.92 Å². The van der Waals surface area contributed by atoms with Crippen LogP contribution in [0.5, 0.6) is 0 Å². The van der Waals surface area contributed by atoms with Crippen LogP contribution in [0.25, 0.3) is 0 Å². The fourth-order valence-electron chi connectivity index (χ4n) is 0. The third-order valence-corrected chi connectivity index (χ3v) is 0. The van der Waals surface area contributed by atoms with Gasteiger partial charge in [-0.1, -0.05) is 6.92 Å². The molecule has 32 valence electrons. The first-order chi connectivity index (χ1) is 1.41. The molecular formula is C2H10BrCaP. The molecule has 0 heterocycles. The summed E-state index contributed by atoms with van der Waals surface area (Å²) in [5, 5.41) is 0. The largest absolute Gasteiger partial charge is 2.00 e. The fraction of sp³-hybridized carbons (Fsp3) is 1.00. The molecule has 3 heteroatoms. The Balaban J connectivity index is -0.00000000333. The van der Waals surface area contributed by atoms with E-state index in [9.17, 15) is 0 Å². The number of rotatable bonds is 0. The molecule has 0 N–H and O–H groups in total. The number of hydrogen-bond acceptors (Lipinski definition) is 0. The third kappa shape index (κ3) is 22.8. The van der Waals surface area contributed by atoms with Crippen LogP contribution in [0.3, 0.4) is 0 Å². The van der Waals surface area contributed by atoms with Crippen LogP contribution in [-0.4, -0.2) is 43.9 Å². The maximum absolute atomic E-state index is 2.58. The van der Waals surface area contributed by atoms with Gasteiger partial charge in [0.15, 0.2) is 0 Å². The predicted octanol–water partition coefficient (Wildman–Crippen LogP) is 1.30. The van der Waals surface area contributed by atoms with Gasteiger partial charge in [-0.3, -0.25) is 0 Å². The van der Waals surface area contributed by atoms with E-state index in [1.165, 1.54) is 6.16 Å². The summed E-state index contributed by atoms with van der Waals surface area (Å²) in [6.07, 6.45) is 1.17. The number of hydrogen-bond donors (Lipinski definition) is 0. The van der Waals surface area contributed by atoms with E-state index in [4.69, 9.17) is 0 Å². The molecule has 0 spiro atoms. The summed E-state index contributed by atoms with van der Waals surface area (Å²) in [5.74, 6) is 0. The van der Waals surface area contributed by atoms with Crippen molar-refractivity contribution < 1.29 is 2.85 Å². The van der Waals surface area contributed by atoms with E-state index in [2.05, 4.69) is 16.2 Å². The quantitative estimate of drug-likeness (QED) is 0.394. The molecule has 0 aromatic rings. The van der Waals surface area contributed by atoms with Crippen LogP contribution >= 0.6 is 26.2 Å². The molecular weight excluding hydrogens is 175 g/mol. The smallest absolute Gasteiger partial charge is 1.00 e. The second kappa shape index (κ2) is 16.4. The Bertz CT molecular complexity index is 15.7. The summed E-state index contributed by atoms with van der Waals surface area (Å²) < 4.78 is 0. The molecule has 0 aliphatic rings. The Morgan fingerprint density at radius 3 is 1.80 bits per heavy atom. The molecule has 0 aromatic heterocycles. The van der Waals surface area contributed by atoms with Crippen molar-refractivity contribution in [2.75, 3.05) is 6.16 Å². The summed E-state index contributed by atoms with van der Waals surface area (Å²) >= 11 is 0. The summed E-state index contributed by atoms with van der Waals surface area (Å²) in [5.41, 5.74) is 0. The van der Waals surface area contributed by atoms with Crippen molar-refractivity contribution in [1.29, 1.82) is 0 Å². The first kappa shape index (κ1) is 15.7. The van der Waals surface area contributed by atoms with Gasteiger partial charge in [-0.15, -0.1) is 26.2 Å². The Hall–Kier alpha value is 2.17. The van der Waals surface area contributed by atoms with Gasteiger partial charge in [0.25, 0.3) is 0 Å². The number of halogens is 1. The van der Waals surface area contributed by atoms with Crippen LogP contribution in [-0.2, 0) is 0 Å². The Labute approximate surface area is 79.0 Å². The van der Waals surface area contributed by atoms with Gasteiger partial charge < -0.3 is 2.85 Å². The fourth-order valence-corrected chi connectivity index (χ4v) is 0. The molecule has 0 rings (SSSR count). The first-order valence-corrected chi connectivity index (χ1v) is 1.93. The first-order valence-electron chi connectivity index (χ1n) is 1.12. The van der Waals surface area contributed by atoms with E-state index in [0.717, 1.165) is 0 Å². The van der Waals surface area contributed by atoms with Crippen molar-refractivity contribution in [3.8, 4) is 0 Å². The standard InChI is InChI=1S/C2H7P.BrH.Ca.2H/c1-2-3;;;;/h2-3H2,1H3;1H;;;/q;;+2;2*-1. The molecule has 0 saturated heterocycles. The Kier molecular flexibility index (Phi) is 51.5. The molecule has 5 heavy (non-hydrogen) atoms. The maximum atomic E-state index is 2.58. The molecule has 1 atom stereocenters. The van der Waals surface area contributed by atoms with Crippen LogP contribution < -0.4 is 0 Å². The zero-order valence-electron chi connectivity index (χ0n) is 5.40. The van der Waals surface area contributed by atoms with Crippen molar-refractivity contribution in [2.24, 2.45) is 0 Å². The topological polar surface area (TPSA) is 0 Å². The summed E-state index contributed by atoms with van der Waals surface area (Å²) in [4.78, 5) is 0. The molecule has 0 aliphatic heterocycles. The molecule has 0 radical (unpaired) electrons. The van der Waals surface area contributed by atoms with E-state index >= 15 is 0 Å². The normalized spacial score (nSPS) is 3.60. The van der Waals surface area contributed by atoms with Gasteiger partial charge in [0, 0.05) is 0 Å². The van der Waals surface area contributed by atoms with Crippen molar-refractivity contribution in [3.63, 3.8) is 0 Å². The summed E-state index contributed by atoms with van der Waals surface area (Å²) in [7, 11) is 2.58. The zero-order chi connectivity index (χ0) is 2.71. The average molecular weight is 185 g/mol. The molecule has 0 nitrogen and oxygen atoms in total. The van der Waals surface area contributed by atoms with E-state index < -0.39 is 0 Å². The van der Waals surface area contributed by atoms with Crippen LogP contribution in [0.1, 0.15) is 9.78 Å². The second-order valence-electron chi connectivity index (χ2n) is 0.408. The van der Waals surface area contributed by atoms with Gasteiger partial charge >= 0.3 is 37.7 Å². The monoisotopic (exact) mass is 184 g/mol. The molecule has 0 amide bonds. The minimum absolute atomic E-state index is 0. The van der Waals surface area contributed by atoms with Crippen molar-refractivity contribution in [3.05, 3.63) is 0 Å². The van der Waals surface area contributed by atoms with E-state index in [1.807, 2.05) is 0 Å². The molecule has 0 aliphatic carbocycles. The van der Waals surface area contributed by atoms with Gasteiger partial charge in [-0.25, -0.2) is 0 Å². The van der Waals surface area contributed by atoms with Gasteiger partial charge in [-0.05, 0) is 6.16 Å². The van der Waals surface area contributed by atoms with Gasteiger partial charge in [0.05, 0.1) is 0 Å². The van der Waals surface area contributed by atoms with Crippen LogP contribution in [0.4, 0.5) is 0 Å². The van der Waals surface area contributed by atoms with E-state index in [0.29, 0.717) is 0 Å². The van der Waals surface area contributed by atoms with Crippen molar-refractivity contribution in [1.82, 2.24) is 0 Å². The van der Waals surface area contributed by atoms with E-state index in [-0.39, 0.29) is 57.6 Å². The summed E-state index contributed by atoms with van der Waals surface area (Å²) in [6.45, 7) is 2.09. The molecule has 1 unspecified atom stereocenters.